The molecule has 3 aliphatic carbocycles. The Morgan fingerprint density at radius 3 is 2.33 bits per heavy atom. The fourth-order valence-corrected chi connectivity index (χ4v) is 7.55. The normalized spacial score (nSPS) is 25.3. The van der Waals surface area contributed by atoms with Crippen LogP contribution in [0.1, 0.15) is 17.5 Å². The first-order chi connectivity index (χ1) is 20.1. The number of ketones is 2. The summed E-state index contributed by atoms with van der Waals surface area (Å²) < 4.78 is 25.2. The predicted molar refractivity (Wildman–Crippen MR) is 151 cm³/mol. The lowest BCUT2D eigenvalue weighted by Gasteiger charge is -2.50. The second-order valence-corrected chi connectivity index (χ2v) is 13.1. The van der Waals surface area contributed by atoms with E-state index in [9.17, 15) is 48.0 Å². The van der Waals surface area contributed by atoms with E-state index in [1.54, 1.807) is 6.07 Å². The molecule has 0 saturated heterocycles. The van der Waals surface area contributed by atoms with Crippen molar-refractivity contribution in [1.82, 2.24) is 4.90 Å². The maximum Gasteiger partial charge on any atom is 0.255 e. The van der Waals surface area contributed by atoms with Gasteiger partial charge in [-0.1, -0.05) is 24.3 Å². The molecule has 0 spiro atoms. The number of carbonyl (C=O) groups excluding carboxylic acids is 4. The van der Waals surface area contributed by atoms with Gasteiger partial charge in [0.2, 0.25) is 11.7 Å². The summed E-state index contributed by atoms with van der Waals surface area (Å²) in [6, 6.07) is 8.90. The van der Waals surface area contributed by atoms with Crippen LogP contribution in [0.2, 0.25) is 0 Å². The Bertz CT molecular complexity index is 1760. The van der Waals surface area contributed by atoms with E-state index in [-0.39, 0.29) is 34.6 Å². The molecule has 3 aliphatic rings. The first kappa shape index (κ1) is 29.9. The second-order valence-electron chi connectivity index (χ2n) is 11.1. The van der Waals surface area contributed by atoms with Crippen LogP contribution in [0, 0.1) is 11.8 Å². The molecular weight excluding hydrogens is 582 g/mol. The average Bonchev–Trinajstić information content (AvgIpc) is 2.92. The van der Waals surface area contributed by atoms with Gasteiger partial charge in [-0.25, -0.2) is 8.42 Å². The van der Waals surface area contributed by atoms with Crippen molar-refractivity contribution >= 4 is 44.7 Å². The molecule has 2 amide bonds. The number of anilines is 1. The number of phenolic OH excluding ortho intramolecular Hbond substituents is 1. The minimum absolute atomic E-state index is 0.0671. The molecule has 1 saturated carbocycles. The summed E-state index contributed by atoms with van der Waals surface area (Å²) >= 11 is 0. The van der Waals surface area contributed by atoms with Gasteiger partial charge >= 0.3 is 0 Å². The van der Waals surface area contributed by atoms with Crippen LogP contribution in [0.3, 0.4) is 0 Å². The van der Waals surface area contributed by atoms with Crippen molar-refractivity contribution in [3.63, 3.8) is 0 Å². The SMILES string of the molecule is CN(C)[C@@H]1C(=O)C(C(N)=O)=C(O)C2(O)C(=O)C3=C(O)c4c(ccc(NC(=O)CS(=O)(=O)c5ccccc5)c4O)CC3CC12. The van der Waals surface area contributed by atoms with E-state index in [1.807, 2.05) is 0 Å². The van der Waals surface area contributed by atoms with E-state index >= 15 is 0 Å². The smallest absolute Gasteiger partial charge is 0.255 e. The summed E-state index contributed by atoms with van der Waals surface area (Å²) in [5.74, 6) is -9.81. The maximum absolute atomic E-state index is 13.9. The van der Waals surface area contributed by atoms with Crippen molar-refractivity contribution in [3.05, 3.63) is 70.5 Å². The molecule has 0 heterocycles. The topological polar surface area (TPSA) is 225 Å². The van der Waals surface area contributed by atoms with Crippen molar-refractivity contribution in [2.75, 3.05) is 25.2 Å². The van der Waals surface area contributed by atoms with Gasteiger partial charge in [-0.15, -0.1) is 0 Å². The molecule has 5 rings (SSSR count). The number of benzene rings is 2. The number of nitrogens with one attached hydrogen (secondary N) is 1. The van der Waals surface area contributed by atoms with Crippen LogP contribution in [0.4, 0.5) is 5.69 Å². The number of nitrogens with two attached hydrogens (primary N) is 1. The van der Waals surface area contributed by atoms with Crippen LogP contribution < -0.4 is 11.1 Å². The maximum atomic E-state index is 13.9. The third kappa shape index (κ3) is 4.58. The molecule has 14 heteroatoms. The minimum atomic E-state index is -4.01. The van der Waals surface area contributed by atoms with Gasteiger partial charge in [0.05, 0.1) is 22.2 Å². The minimum Gasteiger partial charge on any atom is -0.508 e. The highest BCUT2D eigenvalue weighted by atomic mass is 32.2. The summed E-state index contributed by atoms with van der Waals surface area (Å²) in [4.78, 5) is 53.1. The zero-order valence-corrected chi connectivity index (χ0v) is 23.9. The number of aliphatic hydroxyl groups is 3. The molecule has 43 heavy (non-hydrogen) atoms. The van der Waals surface area contributed by atoms with Crippen LogP contribution in [0.25, 0.3) is 5.76 Å². The number of aliphatic hydroxyl groups excluding tert-OH is 2. The number of hydrogen-bond acceptors (Lipinski definition) is 11. The van der Waals surface area contributed by atoms with E-state index < -0.39 is 85.3 Å². The number of Topliss-reactive ketones (excluding diaryl/α,β-unsaturated/α-hetero) is 2. The lowest BCUT2D eigenvalue weighted by Crippen LogP contribution is -2.65. The third-order valence-corrected chi connectivity index (χ3v) is 9.92. The Labute approximate surface area is 245 Å². The molecular formula is C29H29N3O10S. The molecule has 4 atom stereocenters. The average molecular weight is 612 g/mol. The van der Waals surface area contributed by atoms with Gasteiger partial charge in [0.25, 0.3) is 5.91 Å². The van der Waals surface area contributed by atoms with Crippen molar-refractivity contribution in [2.45, 2.75) is 29.4 Å². The van der Waals surface area contributed by atoms with Gasteiger partial charge in [-0.2, -0.15) is 0 Å². The number of primary amides is 1. The fraction of sp³-hybridized carbons (Fsp3) is 0.310. The summed E-state index contributed by atoms with van der Waals surface area (Å²) in [5, 5.41) is 47.2. The summed E-state index contributed by atoms with van der Waals surface area (Å²) in [5.41, 5.74) is 1.17. The van der Waals surface area contributed by atoms with Gasteiger partial charge in [0.1, 0.15) is 28.6 Å². The number of phenols is 1. The summed E-state index contributed by atoms with van der Waals surface area (Å²) in [7, 11) is -0.993. The number of likely N-dealkylation sites (N-methyl/N-ethyl adjacent to an activating group) is 1. The van der Waals surface area contributed by atoms with Crippen LogP contribution in [-0.2, 0) is 35.4 Å². The van der Waals surface area contributed by atoms with Crippen LogP contribution in [-0.4, -0.2) is 88.6 Å². The lowest BCUT2D eigenvalue weighted by molar-refractivity contribution is -0.153. The van der Waals surface area contributed by atoms with E-state index in [2.05, 4.69) is 5.32 Å². The van der Waals surface area contributed by atoms with Crippen LogP contribution >= 0.6 is 0 Å². The van der Waals surface area contributed by atoms with Gasteiger partial charge < -0.3 is 31.5 Å². The molecule has 13 nitrogen and oxygen atoms in total. The monoisotopic (exact) mass is 611 g/mol. The molecule has 226 valence electrons. The van der Waals surface area contributed by atoms with Crippen molar-refractivity contribution < 1.29 is 48.0 Å². The van der Waals surface area contributed by atoms with E-state index in [0.29, 0.717) is 5.56 Å². The quantitative estimate of drug-likeness (QED) is 0.193. The molecule has 3 unspecified atom stereocenters. The number of carbonyl (C=O) groups is 4. The number of hydrogen-bond donors (Lipinski definition) is 6. The van der Waals surface area contributed by atoms with Gasteiger partial charge in [-0.3, -0.25) is 24.1 Å². The Hall–Kier alpha value is -4.53. The number of amides is 2. The fourth-order valence-electron chi connectivity index (χ4n) is 6.39. The molecule has 1 fully saturated rings. The summed E-state index contributed by atoms with van der Waals surface area (Å²) in [6.45, 7) is 0. The Kier molecular flexibility index (Phi) is 7.19. The standard InChI is InChI=1S/C29H29N3O10S/c1-32(2)22-16-11-14-10-13-8-9-17(31-18(33)12-43(41,42)15-6-4-3-5-7-15)23(34)19(13)24(35)20(14)26(37)29(16,40)27(38)21(25(22)36)28(30)39/h3-9,14,16,22,34-35,38,40H,10-12H2,1-2H3,(H2,30,39)(H,31,33)/t14?,16?,22-,29?/m0/s1. The molecule has 0 bridgehead atoms. The van der Waals surface area contributed by atoms with Gasteiger partial charge in [-0.05, 0) is 56.6 Å². The lowest BCUT2D eigenvalue weighted by atomic mass is 9.57. The van der Waals surface area contributed by atoms with Crippen molar-refractivity contribution in [3.8, 4) is 5.75 Å². The Morgan fingerprint density at radius 1 is 1.07 bits per heavy atom. The molecule has 0 aromatic heterocycles. The molecule has 2 aromatic rings. The molecule has 2 aromatic carbocycles. The first-order valence-electron chi connectivity index (χ1n) is 13.2. The van der Waals surface area contributed by atoms with Gasteiger partial charge in [0, 0.05) is 11.5 Å². The highest BCUT2D eigenvalue weighted by Crippen LogP contribution is 2.53. The molecule has 7 N–H and O–H groups in total. The van der Waals surface area contributed by atoms with Gasteiger partial charge in [0.15, 0.2) is 21.2 Å². The Balaban J connectivity index is 1.54. The van der Waals surface area contributed by atoms with E-state index in [1.165, 1.54) is 55.4 Å². The van der Waals surface area contributed by atoms with Crippen molar-refractivity contribution in [1.29, 1.82) is 0 Å². The number of sulfone groups is 1. The van der Waals surface area contributed by atoms with E-state index in [0.717, 1.165) is 0 Å². The highest BCUT2D eigenvalue weighted by molar-refractivity contribution is 7.92. The van der Waals surface area contributed by atoms with Crippen molar-refractivity contribution in [2.24, 2.45) is 17.6 Å². The highest BCUT2D eigenvalue weighted by Gasteiger charge is 2.64. The zero-order valence-electron chi connectivity index (χ0n) is 23.1. The number of rotatable bonds is 6. The first-order valence-corrected chi connectivity index (χ1v) is 14.8. The third-order valence-electron chi connectivity index (χ3n) is 8.29. The second kappa shape index (κ2) is 10.3. The molecule has 0 aliphatic heterocycles. The Morgan fingerprint density at radius 2 is 1.72 bits per heavy atom. The molecule has 0 radical (unpaired) electrons. The van der Waals surface area contributed by atoms with Crippen LogP contribution in [0.5, 0.6) is 5.75 Å². The van der Waals surface area contributed by atoms with Crippen LogP contribution in [0.15, 0.2) is 64.3 Å². The number of nitrogens with zero attached hydrogens (tertiary/aromatic N) is 1. The number of fused-ring (bicyclic) bond motifs is 3. The number of aromatic hydroxyl groups is 1. The largest absolute Gasteiger partial charge is 0.508 e. The zero-order chi connectivity index (χ0) is 31.6. The van der Waals surface area contributed by atoms with E-state index in [4.69, 9.17) is 5.73 Å². The predicted octanol–water partition coefficient (Wildman–Crippen LogP) is 0.376. The summed E-state index contributed by atoms with van der Waals surface area (Å²) in [6.07, 6.45) is 0.00106.